The van der Waals surface area contributed by atoms with Gasteiger partial charge in [0.05, 0.1) is 9.88 Å². The molecular formula is C25H25F3N4OS. The minimum atomic E-state index is -4.50. The van der Waals surface area contributed by atoms with Crippen LogP contribution in [0, 0.1) is 12.8 Å². The number of amides is 1. The van der Waals surface area contributed by atoms with Gasteiger partial charge in [0.1, 0.15) is 17.2 Å². The number of alkyl halides is 3. The number of likely N-dealkylation sites (tertiary alicyclic amines) is 1. The van der Waals surface area contributed by atoms with E-state index in [1.54, 1.807) is 16.2 Å². The Morgan fingerprint density at radius 2 is 2.00 bits per heavy atom. The van der Waals surface area contributed by atoms with E-state index >= 15 is 0 Å². The summed E-state index contributed by atoms with van der Waals surface area (Å²) in [6, 6.07) is 8.98. The summed E-state index contributed by atoms with van der Waals surface area (Å²) in [5.41, 5.74) is 1.68. The number of nitrogens with zero attached hydrogens (tertiary/aromatic N) is 4. The lowest BCUT2D eigenvalue weighted by molar-refractivity contribution is -0.141. The van der Waals surface area contributed by atoms with Crippen molar-refractivity contribution >= 4 is 17.2 Å². The number of thiazole rings is 1. The van der Waals surface area contributed by atoms with Crippen molar-refractivity contribution in [1.82, 2.24) is 19.9 Å². The van der Waals surface area contributed by atoms with E-state index in [-0.39, 0.29) is 17.6 Å². The molecule has 1 aromatic carbocycles. The zero-order valence-corrected chi connectivity index (χ0v) is 19.6. The first kappa shape index (κ1) is 23.0. The third kappa shape index (κ3) is 4.99. The van der Waals surface area contributed by atoms with Gasteiger partial charge in [-0.3, -0.25) is 4.79 Å². The summed E-state index contributed by atoms with van der Waals surface area (Å²) in [5, 5.41) is 1.02. The lowest BCUT2D eigenvalue weighted by Gasteiger charge is -2.32. The highest BCUT2D eigenvalue weighted by atomic mass is 32.1. The number of benzene rings is 1. The molecule has 3 aromatic rings. The zero-order chi connectivity index (χ0) is 23.9. The van der Waals surface area contributed by atoms with Gasteiger partial charge in [-0.25, -0.2) is 15.0 Å². The van der Waals surface area contributed by atoms with E-state index in [1.807, 2.05) is 25.1 Å². The molecule has 2 aliphatic rings. The third-order valence-corrected chi connectivity index (χ3v) is 7.59. The molecule has 1 aliphatic heterocycles. The van der Waals surface area contributed by atoms with Crippen LogP contribution in [0.25, 0.3) is 10.4 Å². The van der Waals surface area contributed by atoms with Crippen molar-refractivity contribution in [3.63, 3.8) is 0 Å². The second-order valence-corrected chi connectivity index (χ2v) is 10.2. The van der Waals surface area contributed by atoms with E-state index in [0.717, 1.165) is 59.0 Å². The van der Waals surface area contributed by atoms with Crippen LogP contribution in [0.3, 0.4) is 0 Å². The average molecular weight is 487 g/mol. The number of aryl methyl sites for hydroxylation is 1. The van der Waals surface area contributed by atoms with Crippen molar-refractivity contribution < 1.29 is 18.0 Å². The van der Waals surface area contributed by atoms with Crippen molar-refractivity contribution in [2.45, 2.75) is 51.1 Å². The molecule has 0 unspecified atom stereocenters. The van der Waals surface area contributed by atoms with Crippen LogP contribution in [0.15, 0.2) is 36.5 Å². The van der Waals surface area contributed by atoms with Gasteiger partial charge in [0, 0.05) is 31.6 Å². The molecule has 3 heterocycles. The lowest BCUT2D eigenvalue weighted by Crippen LogP contribution is -2.41. The Balaban J connectivity index is 1.36. The van der Waals surface area contributed by atoms with Crippen LogP contribution in [-0.2, 0) is 12.6 Å². The van der Waals surface area contributed by atoms with E-state index in [2.05, 4.69) is 16.0 Å². The van der Waals surface area contributed by atoms with Gasteiger partial charge >= 0.3 is 6.18 Å². The number of carbonyl (C=O) groups is 1. The Morgan fingerprint density at radius 3 is 2.74 bits per heavy atom. The summed E-state index contributed by atoms with van der Waals surface area (Å²) in [6.07, 6.45) is 0.784. The van der Waals surface area contributed by atoms with Crippen LogP contribution in [0.4, 0.5) is 13.2 Å². The number of hydrogen-bond acceptors (Lipinski definition) is 5. The summed E-state index contributed by atoms with van der Waals surface area (Å²) >= 11 is 1.61. The van der Waals surface area contributed by atoms with Crippen molar-refractivity contribution in [2.75, 3.05) is 13.1 Å². The van der Waals surface area contributed by atoms with Crippen LogP contribution < -0.4 is 0 Å². The molecule has 5 nitrogen and oxygen atoms in total. The molecular weight excluding hydrogens is 461 g/mol. The summed E-state index contributed by atoms with van der Waals surface area (Å²) in [5.74, 6) is 0.515. The average Bonchev–Trinajstić information content (AvgIpc) is 3.57. The fraction of sp³-hybridized carbons (Fsp3) is 0.440. The largest absolute Gasteiger partial charge is 0.433 e. The van der Waals surface area contributed by atoms with E-state index in [4.69, 9.17) is 4.98 Å². The molecule has 1 aliphatic carbocycles. The maximum atomic E-state index is 13.6. The van der Waals surface area contributed by atoms with Gasteiger partial charge in [-0.05, 0) is 50.2 Å². The van der Waals surface area contributed by atoms with Crippen LogP contribution in [0.1, 0.15) is 64.2 Å². The van der Waals surface area contributed by atoms with Crippen LogP contribution in [-0.4, -0.2) is 38.8 Å². The van der Waals surface area contributed by atoms with Crippen molar-refractivity contribution in [3.8, 4) is 10.4 Å². The van der Waals surface area contributed by atoms with Crippen LogP contribution >= 0.6 is 11.3 Å². The van der Waals surface area contributed by atoms with Gasteiger partial charge in [-0.1, -0.05) is 29.8 Å². The van der Waals surface area contributed by atoms with Gasteiger partial charge in [-0.15, -0.1) is 11.3 Å². The molecule has 1 saturated heterocycles. The number of rotatable bonds is 5. The molecule has 0 spiro atoms. The molecule has 2 fully saturated rings. The van der Waals surface area contributed by atoms with Gasteiger partial charge in [0.25, 0.3) is 5.91 Å². The monoisotopic (exact) mass is 486 g/mol. The highest BCUT2D eigenvalue weighted by Gasteiger charge is 2.35. The van der Waals surface area contributed by atoms with Gasteiger partial charge < -0.3 is 4.90 Å². The zero-order valence-electron chi connectivity index (χ0n) is 18.8. The first-order valence-corrected chi connectivity index (χ1v) is 12.4. The predicted octanol–water partition coefficient (Wildman–Crippen LogP) is 5.90. The van der Waals surface area contributed by atoms with Crippen molar-refractivity contribution in [1.29, 1.82) is 0 Å². The Kier molecular flexibility index (Phi) is 6.14. The Morgan fingerprint density at radius 1 is 1.18 bits per heavy atom. The number of piperidine rings is 1. The Hall–Kier alpha value is -2.81. The second-order valence-electron chi connectivity index (χ2n) is 9.19. The van der Waals surface area contributed by atoms with E-state index in [1.165, 1.54) is 0 Å². The van der Waals surface area contributed by atoms with Crippen molar-refractivity contribution in [2.24, 2.45) is 5.92 Å². The number of hydrogen-bond donors (Lipinski definition) is 0. The molecule has 0 N–H and O–H groups in total. The molecule has 0 radical (unpaired) electrons. The molecule has 2 aromatic heterocycles. The van der Waals surface area contributed by atoms with Gasteiger partial charge in [-0.2, -0.15) is 13.2 Å². The minimum absolute atomic E-state index is 0.00476. The molecule has 9 heteroatoms. The maximum Gasteiger partial charge on any atom is 0.433 e. The van der Waals surface area contributed by atoms with Crippen LogP contribution in [0.5, 0.6) is 0 Å². The summed E-state index contributed by atoms with van der Waals surface area (Å²) in [6.45, 7) is 3.10. The molecule has 1 saturated carbocycles. The summed E-state index contributed by atoms with van der Waals surface area (Å²) in [4.78, 5) is 28.8. The summed E-state index contributed by atoms with van der Waals surface area (Å²) in [7, 11) is 0. The SMILES string of the molecule is Cc1cccc(-c2sc(C3CC3)nc2C(=O)N2CCC[C@@H](Cc3nccc(C(F)(F)F)n3)C2)c1. The topological polar surface area (TPSA) is 59.0 Å². The standard InChI is InChI=1S/C25H25F3N4OS/c1-15-4-2-6-18(12-15)22-21(31-23(34-22)17-7-8-17)24(33)32-11-3-5-16(14-32)13-20-29-10-9-19(30-20)25(26,27)28/h2,4,6,9-10,12,16-17H,3,5,7-8,11,13-14H2,1H3/t16-/m0/s1. The quantitative estimate of drug-likeness (QED) is 0.451. The molecule has 178 valence electrons. The van der Waals surface area contributed by atoms with Crippen molar-refractivity contribution in [3.05, 3.63) is 64.3 Å². The van der Waals surface area contributed by atoms with Gasteiger partial charge in [0.15, 0.2) is 0 Å². The molecule has 1 amide bonds. The minimum Gasteiger partial charge on any atom is -0.337 e. The third-order valence-electron chi connectivity index (χ3n) is 6.33. The Bertz CT molecular complexity index is 1200. The van der Waals surface area contributed by atoms with Gasteiger partial charge in [0.2, 0.25) is 0 Å². The predicted molar refractivity (Wildman–Crippen MR) is 124 cm³/mol. The summed E-state index contributed by atoms with van der Waals surface area (Å²) < 4.78 is 39.1. The van der Waals surface area contributed by atoms with Crippen LogP contribution in [0.2, 0.25) is 0 Å². The first-order chi connectivity index (χ1) is 16.3. The second kappa shape index (κ2) is 9.09. The molecule has 1 atom stereocenters. The van der Waals surface area contributed by atoms with E-state index < -0.39 is 11.9 Å². The lowest BCUT2D eigenvalue weighted by atomic mass is 9.94. The highest BCUT2D eigenvalue weighted by molar-refractivity contribution is 7.15. The normalized spacial score (nSPS) is 18.8. The fourth-order valence-corrected chi connectivity index (χ4v) is 5.67. The maximum absolute atomic E-state index is 13.6. The molecule has 34 heavy (non-hydrogen) atoms. The molecule has 0 bridgehead atoms. The molecule has 5 rings (SSSR count). The Labute approximate surface area is 200 Å². The number of halogens is 3. The first-order valence-electron chi connectivity index (χ1n) is 11.5. The number of carbonyl (C=O) groups excluding carboxylic acids is 1. The smallest absolute Gasteiger partial charge is 0.337 e. The number of aromatic nitrogens is 3. The van der Waals surface area contributed by atoms with E-state index in [0.29, 0.717) is 31.1 Å². The highest BCUT2D eigenvalue weighted by Crippen LogP contribution is 2.45. The fourth-order valence-electron chi connectivity index (χ4n) is 4.45. The van der Waals surface area contributed by atoms with E-state index in [9.17, 15) is 18.0 Å².